The molecule has 0 aliphatic heterocycles. The van der Waals surface area contributed by atoms with E-state index in [-0.39, 0.29) is 17.5 Å². The molecule has 0 unspecified atom stereocenters. The Hall–Kier alpha value is -2.65. The average molecular weight is 403 g/mol. The van der Waals surface area contributed by atoms with Gasteiger partial charge >= 0.3 is 5.97 Å². The fourth-order valence-electron chi connectivity index (χ4n) is 2.79. The number of Topliss-reactive ketones (excluding diaryl/α,β-unsaturated/α-hetero) is 1. The number of carbonyl (C=O) groups is 2. The van der Waals surface area contributed by atoms with Crippen LogP contribution >= 0.6 is 23.1 Å². The van der Waals surface area contributed by atoms with Crippen molar-refractivity contribution in [1.29, 1.82) is 0 Å². The number of carbonyl (C=O) groups excluding carboxylic acids is 2. The zero-order valence-electron chi connectivity index (χ0n) is 15.1. The Labute approximate surface area is 164 Å². The molecule has 0 atom stereocenters. The monoisotopic (exact) mass is 402 g/mol. The Kier molecular flexibility index (Phi) is 5.62. The molecule has 0 aliphatic rings. The average Bonchev–Trinajstić information content (AvgIpc) is 3.21. The fraction of sp³-hybridized carbons (Fsp3) is 0.222. The lowest BCUT2D eigenvalue weighted by Crippen LogP contribution is -2.06. The number of aromatic nitrogens is 3. The maximum atomic E-state index is 12.7. The number of hydrogen-bond donors (Lipinski definition) is 1. The van der Waals surface area contributed by atoms with Crippen molar-refractivity contribution >= 4 is 40.0 Å². The molecule has 2 heterocycles. The Bertz CT molecular complexity index is 993. The normalized spacial score (nSPS) is 10.8. The third-order valence-corrected chi connectivity index (χ3v) is 5.91. The molecule has 0 saturated carbocycles. The molecule has 0 spiro atoms. The standard InChI is InChI=1S/C18H18N4O3S2/c1-10-8-14(15(23)9-26-18-21-20-17(19)27-18)11(2)22(10)13-6-4-12(5-7-13)16(24)25-3/h4-8H,9H2,1-3H3,(H2,19,20). The number of hydrogen-bond acceptors (Lipinski definition) is 8. The Balaban J connectivity index is 1.81. The minimum Gasteiger partial charge on any atom is -0.465 e. The van der Waals surface area contributed by atoms with E-state index in [0.717, 1.165) is 17.1 Å². The van der Waals surface area contributed by atoms with Crippen molar-refractivity contribution in [2.75, 3.05) is 18.6 Å². The first kappa shape index (κ1) is 19.1. The zero-order chi connectivity index (χ0) is 19.6. The van der Waals surface area contributed by atoms with Crippen LogP contribution in [0.2, 0.25) is 0 Å². The van der Waals surface area contributed by atoms with Gasteiger partial charge in [-0.15, -0.1) is 10.2 Å². The number of thioether (sulfide) groups is 1. The van der Waals surface area contributed by atoms with Gasteiger partial charge in [-0.1, -0.05) is 23.1 Å². The maximum Gasteiger partial charge on any atom is 0.337 e. The van der Waals surface area contributed by atoms with Gasteiger partial charge in [0.05, 0.1) is 18.4 Å². The topological polar surface area (TPSA) is 100 Å². The Morgan fingerprint density at radius 2 is 1.93 bits per heavy atom. The maximum absolute atomic E-state index is 12.7. The number of methoxy groups -OCH3 is 1. The second-order valence-electron chi connectivity index (χ2n) is 5.78. The van der Waals surface area contributed by atoms with E-state index in [2.05, 4.69) is 10.2 Å². The van der Waals surface area contributed by atoms with Crippen LogP contribution in [-0.2, 0) is 4.74 Å². The van der Waals surface area contributed by atoms with Crippen molar-refractivity contribution < 1.29 is 14.3 Å². The molecule has 3 aromatic rings. The van der Waals surface area contributed by atoms with E-state index >= 15 is 0 Å². The fourth-order valence-corrected chi connectivity index (χ4v) is 4.31. The lowest BCUT2D eigenvalue weighted by molar-refractivity contribution is 0.0600. The van der Waals surface area contributed by atoms with Crippen LogP contribution in [0.3, 0.4) is 0 Å². The highest BCUT2D eigenvalue weighted by molar-refractivity contribution is 8.01. The molecular weight excluding hydrogens is 384 g/mol. The van der Waals surface area contributed by atoms with Crippen LogP contribution in [0.4, 0.5) is 5.13 Å². The van der Waals surface area contributed by atoms with Crippen LogP contribution in [0, 0.1) is 13.8 Å². The van der Waals surface area contributed by atoms with E-state index in [1.54, 1.807) is 12.1 Å². The van der Waals surface area contributed by atoms with Crippen molar-refractivity contribution in [3.8, 4) is 5.69 Å². The van der Waals surface area contributed by atoms with Crippen molar-refractivity contribution in [1.82, 2.24) is 14.8 Å². The molecule has 0 saturated heterocycles. The molecule has 2 N–H and O–H groups in total. The molecule has 0 fully saturated rings. The van der Waals surface area contributed by atoms with Crippen LogP contribution in [0.1, 0.15) is 32.1 Å². The van der Waals surface area contributed by atoms with Crippen LogP contribution < -0.4 is 5.73 Å². The predicted molar refractivity (Wildman–Crippen MR) is 106 cm³/mol. The van der Waals surface area contributed by atoms with E-state index in [1.807, 2.05) is 36.6 Å². The Morgan fingerprint density at radius 1 is 1.22 bits per heavy atom. The smallest absolute Gasteiger partial charge is 0.337 e. The summed E-state index contributed by atoms with van der Waals surface area (Å²) in [5.41, 5.74) is 9.36. The van der Waals surface area contributed by atoms with Crippen LogP contribution in [0.25, 0.3) is 5.69 Å². The van der Waals surface area contributed by atoms with Gasteiger partial charge in [0.2, 0.25) is 5.13 Å². The van der Waals surface area contributed by atoms with Gasteiger partial charge < -0.3 is 15.0 Å². The van der Waals surface area contributed by atoms with Gasteiger partial charge in [0.1, 0.15) is 0 Å². The van der Waals surface area contributed by atoms with E-state index in [0.29, 0.717) is 20.6 Å². The predicted octanol–water partition coefficient (Wildman–Crippen LogP) is 3.29. The third kappa shape index (κ3) is 4.04. The molecule has 0 amide bonds. The molecule has 1 aromatic carbocycles. The molecule has 0 bridgehead atoms. The molecule has 0 radical (unpaired) electrons. The van der Waals surface area contributed by atoms with E-state index in [9.17, 15) is 9.59 Å². The largest absolute Gasteiger partial charge is 0.465 e. The van der Waals surface area contributed by atoms with E-state index < -0.39 is 0 Å². The van der Waals surface area contributed by atoms with Crippen LogP contribution in [-0.4, -0.2) is 39.4 Å². The number of anilines is 1. The molecule has 2 aromatic heterocycles. The summed E-state index contributed by atoms with van der Waals surface area (Å²) in [6.07, 6.45) is 0. The quantitative estimate of drug-likeness (QED) is 0.384. The van der Waals surface area contributed by atoms with Crippen molar-refractivity contribution in [2.24, 2.45) is 0 Å². The lowest BCUT2D eigenvalue weighted by atomic mass is 10.2. The summed E-state index contributed by atoms with van der Waals surface area (Å²) in [5, 5.41) is 8.05. The Morgan fingerprint density at radius 3 is 2.52 bits per heavy atom. The number of ether oxygens (including phenoxy) is 1. The second-order valence-corrected chi connectivity index (χ2v) is 8.01. The number of rotatable bonds is 6. The van der Waals surface area contributed by atoms with Crippen LogP contribution in [0.5, 0.6) is 0 Å². The van der Waals surface area contributed by atoms with E-state index in [1.165, 1.54) is 30.2 Å². The van der Waals surface area contributed by atoms with Gasteiger partial charge in [-0.2, -0.15) is 0 Å². The number of ketones is 1. The van der Waals surface area contributed by atoms with Gasteiger partial charge in [-0.3, -0.25) is 4.79 Å². The highest BCUT2D eigenvalue weighted by atomic mass is 32.2. The summed E-state index contributed by atoms with van der Waals surface area (Å²) in [6.45, 7) is 3.85. The minimum absolute atomic E-state index is 0.0132. The van der Waals surface area contributed by atoms with Gasteiger partial charge in [-0.05, 0) is 44.2 Å². The summed E-state index contributed by atoms with van der Waals surface area (Å²) >= 11 is 2.59. The number of esters is 1. The van der Waals surface area contributed by atoms with Gasteiger partial charge in [0.25, 0.3) is 0 Å². The molecule has 9 heteroatoms. The van der Waals surface area contributed by atoms with Gasteiger partial charge in [0.15, 0.2) is 10.1 Å². The highest BCUT2D eigenvalue weighted by Gasteiger charge is 2.18. The summed E-state index contributed by atoms with van der Waals surface area (Å²) in [6, 6.07) is 8.95. The number of nitrogens with zero attached hydrogens (tertiary/aromatic N) is 3. The molecule has 7 nitrogen and oxygen atoms in total. The van der Waals surface area contributed by atoms with Gasteiger partial charge in [-0.25, -0.2) is 4.79 Å². The number of aryl methyl sites for hydroxylation is 1. The molecular formula is C18H18N4O3S2. The van der Waals surface area contributed by atoms with Crippen molar-refractivity contribution in [3.05, 3.63) is 52.8 Å². The third-order valence-electron chi connectivity index (χ3n) is 4.03. The SMILES string of the molecule is COC(=O)c1ccc(-n2c(C)cc(C(=O)CSc3nnc(N)s3)c2C)cc1. The van der Waals surface area contributed by atoms with Crippen molar-refractivity contribution in [2.45, 2.75) is 18.2 Å². The lowest BCUT2D eigenvalue weighted by Gasteiger charge is -2.10. The first-order chi connectivity index (χ1) is 12.9. The molecule has 140 valence electrons. The summed E-state index contributed by atoms with van der Waals surface area (Å²) in [4.78, 5) is 24.2. The summed E-state index contributed by atoms with van der Waals surface area (Å²) < 4.78 is 7.38. The van der Waals surface area contributed by atoms with E-state index in [4.69, 9.17) is 10.5 Å². The minimum atomic E-state index is -0.382. The molecule has 0 aliphatic carbocycles. The van der Waals surface area contributed by atoms with Crippen molar-refractivity contribution in [3.63, 3.8) is 0 Å². The molecule has 3 rings (SSSR count). The molecule has 27 heavy (non-hydrogen) atoms. The highest BCUT2D eigenvalue weighted by Crippen LogP contribution is 2.27. The number of benzene rings is 1. The number of nitrogens with two attached hydrogens (primary N) is 1. The second kappa shape index (κ2) is 7.93. The first-order valence-corrected chi connectivity index (χ1v) is 9.83. The zero-order valence-corrected chi connectivity index (χ0v) is 16.7. The van der Waals surface area contributed by atoms with Gasteiger partial charge in [0, 0.05) is 22.6 Å². The number of nitrogen functional groups attached to an aromatic ring is 1. The first-order valence-electron chi connectivity index (χ1n) is 8.03. The summed E-state index contributed by atoms with van der Waals surface area (Å²) in [5.74, 6) is -0.104. The van der Waals surface area contributed by atoms with Crippen LogP contribution in [0.15, 0.2) is 34.7 Å². The summed E-state index contributed by atoms with van der Waals surface area (Å²) in [7, 11) is 1.35.